The zero-order valence-electron chi connectivity index (χ0n) is 23.5. The fourth-order valence-electron chi connectivity index (χ4n) is 6.32. The van der Waals surface area contributed by atoms with Gasteiger partial charge in [-0.15, -0.1) is 0 Å². The average molecular weight is 589 g/mol. The molecule has 0 saturated heterocycles. The van der Waals surface area contributed by atoms with Crippen molar-refractivity contribution in [1.82, 2.24) is 0 Å². The van der Waals surface area contributed by atoms with Gasteiger partial charge < -0.3 is 0 Å². The Hall–Kier alpha value is -1.84. The van der Waals surface area contributed by atoms with E-state index in [1.807, 2.05) is 6.92 Å². The molecule has 1 atom stereocenters. The average Bonchev–Trinajstić information content (AvgIpc) is 2.84. The topological polar surface area (TPSA) is 20.2 Å². The van der Waals surface area contributed by atoms with Crippen molar-refractivity contribution < 1.29 is 5.11 Å². The molecular formula is C34H46OSn. The van der Waals surface area contributed by atoms with E-state index in [4.69, 9.17) is 0 Å². The second-order valence-electron chi connectivity index (χ2n) is 12.7. The van der Waals surface area contributed by atoms with Crippen molar-refractivity contribution in [2.24, 2.45) is 0 Å². The Morgan fingerprint density at radius 3 is 1.11 bits per heavy atom. The predicted molar refractivity (Wildman–Crippen MR) is 159 cm³/mol. The fraction of sp³-hybridized carbons (Fsp3) is 0.412. The van der Waals surface area contributed by atoms with Gasteiger partial charge in [0.05, 0.1) is 0 Å². The summed E-state index contributed by atoms with van der Waals surface area (Å²) in [7, 11) is 0. The molecule has 0 fully saturated rings. The van der Waals surface area contributed by atoms with Gasteiger partial charge in [0.15, 0.2) is 0 Å². The van der Waals surface area contributed by atoms with Gasteiger partial charge in [-0.05, 0) is 0 Å². The SMILES string of the molecule is CC(O)/C=[CH]/[Sn]([CH2]C(C)(C)c1ccccc1)([CH2]C(C)(C)c1ccccc1)[CH2]C(C)(C)c1ccccc1. The second-order valence-corrected chi connectivity index (χ2v) is 24.5. The first kappa shape index (κ1) is 28.7. The third-order valence-corrected chi connectivity index (χ3v) is 23.9. The molecule has 3 aromatic rings. The molecular weight excluding hydrogens is 543 g/mol. The molecule has 0 aliphatic rings. The number of rotatable bonds is 11. The number of aliphatic hydroxyl groups is 1. The summed E-state index contributed by atoms with van der Waals surface area (Å²) in [6, 6.07) is 33.1. The molecule has 1 unspecified atom stereocenters. The summed E-state index contributed by atoms with van der Waals surface area (Å²) in [5.41, 5.74) is 4.39. The van der Waals surface area contributed by atoms with Crippen LogP contribution in [0.4, 0.5) is 0 Å². The van der Waals surface area contributed by atoms with Crippen LogP contribution in [0.25, 0.3) is 0 Å². The van der Waals surface area contributed by atoms with Crippen molar-refractivity contribution in [3.63, 3.8) is 0 Å². The van der Waals surface area contributed by atoms with Crippen LogP contribution < -0.4 is 0 Å². The molecule has 192 valence electrons. The van der Waals surface area contributed by atoms with E-state index in [9.17, 15) is 5.11 Å². The number of aliphatic hydroxyl groups excluding tert-OH is 1. The normalized spacial score (nSPS) is 14.2. The second kappa shape index (κ2) is 11.7. The van der Waals surface area contributed by atoms with Crippen LogP contribution in [0.1, 0.15) is 65.2 Å². The summed E-state index contributed by atoms with van der Waals surface area (Å²) in [5.74, 6) is 0. The van der Waals surface area contributed by atoms with Crippen molar-refractivity contribution in [2.45, 2.75) is 84.1 Å². The van der Waals surface area contributed by atoms with E-state index in [0.717, 1.165) is 0 Å². The molecule has 3 rings (SSSR count). The van der Waals surface area contributed by atoms with E-state index in [0.29, 0.717) is 0 Å². The number of hydrogen-bond donors (Lipinski definition) is 1. The van der Waals surface area contributed by atoms with Crippen LogP contribution in [0.3, 0.4) is 0 Å². The quantitative estimate of drug-likeness (QED) is 0.222. The molecule has 0 radical (unpaired) electrons. The van der Waals surface area contributed by atoms with E-state index in [1.165, 1.54) is 30.0 Å². The molecule has 1 N–H and O–H groups in total. The van der Waals surface area contributed by atoms with Gasteiger partial charge in [0.1, 0.15) is 0 Å². The van der Waals surface area contributed by atoms with Crippen molar-refractivity contribution in [2.75, 3.05) is 0 Å². The van der Waals surface area contributed by atoms with E-state index in [1.54, 1.807) is 0 Å². The molecule has 0 aromatic heterocycles. The molecule has 1 nitrogen and oxygen atoms in total. The van der Waals surface area contributed by atoms with E-state index in [-0.39, 0.29) is 16.2 Å². The minimum atomic E-state index is -3.18. The summed E-state index contributed by atoms with van der Waals surface area (Å²) in [6.45, 7) is 16.4. The summed E-state index contributed by atoms with van der Waals surface area (Å²) in [5, 5.41) is 10.4. The number of benzene rings is 3. The summed E-state index contributed by atoms with van der Waals surface area (Å²) in [4.78, 5) is 0. The molecule has 36 heavy (non-hydrogen) atoms. The molecule has 0 aliphatic heterocycles. The molecule has 0 bridgehead atoms. The maximum atomic E-state index is 10.4. The summed E-state index contributed by atoms with van der Waals surface area (Å²) in [6.07, 6.45) is 1.68. The standard InChI is InChI=1S/3C10H13.C4H7O.Sn/c3*1-10(2,3)9-7-5-4-6-8-9;1-3-4(2)5;/h3*4-8H,1H2,2-3H3;1,3-5H,2H3;. The molecule has 3 aromatic carbocycles. The van der Waals surface area contributed by atoms with Crippen LogP contribution in [0, 0.1) is 0 Å². The molecule has 0 heterocycles. The van der Waals surface area contributed by atoms with Crippen LogP contribution in [0.15, 0.2) is 101 Å². The Balaban J connectivity index is 2.15. The fourth-order valence-corrected chi connectivity index (χ4v) is 27.2. The van der Waals surface area contributed by atoms with Crippen molar-refractivity contribution in [1.29, 1.82) is 0 Å². The van der Waals surface area contributed by atoms with Crippen molar-refractivity contribution >= 4 is 18.4 Å². The minimum absolute atomic E-state index is 0.0555. The van der Waals surface area contributed by atoms with Crippen LogP contribution in [-0.4, -0.2) is 29.6 Å². The first-order chi connectivity index (χ1) is 16.9. The molecule has 0 aliphatic carbocycles. The first-order valence-corrected chi connectivity index (χ1v) is 21.1. The molecule has 0 amide bonds. The van der Waals surface area contributed by atoms with Gasteiger partial charge in [0.2, 0.25) is 0 Å². The van der Waals surface area contributed by atoms with Crippen LogP contribution >= 0.6 is 0 Å². The molecule has 2 heteroatoms. The van der Waals surface area contributed by atoms with Gasteiger partial charge in [-0.25, -0.2) is 0 Å². The Morgan fingerprint density at radius 1 is 0.583 bits per heavy atom. The Morgan fingerprint density at radius 2 is 0.861 bits per heavy atom. The number of hydrogen-bond acceptors (Lipinski definition) is 1. The Bertz CT molecular complexity index is 966. The van der Waals surface area contributed by atoms with Gasteiger partial charge in [-0.3, -0.25) is 0 Å². The third-order valence-electron chi connectivity index (χ3n) is 7.78. The van der Waals surface area contributed by atoms with E-state index in [2.05, 4.69) is 143 Å². The monoisotopic (exact) mass is 590 g/mol. The summed E-state index contributed by atoms with van der Waals surface area (Å²) >= 11 is -3.18. The molecule has 0 spiro atoms. The first-order valence-electron chi connectivity index (χ1n) is 13.4. The van der Waals surface area contributed by atoms with Crippen molar-refractivity contribution in [3.05, 3.63) is 118 Å². The molecule has 0 saturated carbocycles. The van der Waals surface area contributed by atoms with Gasteiger partial charge in [-0.2, -0.15) is 0 Å². The van der Waals surface area contributed by atoms with Crippen LogP contribution in [0.5, 0.6) is 0 Å². The van der Waals surface area contributed by atoms with Gasteiger partial charge >= 0.3 is 225 Å². The zero-order valence-corrected chi connectivity index (χ0v) is 26.3. The van der Waals surface area contributed by atoms with Crippen LogP contribution in [-0.2, 0) is 16.2 Å². The van der Waals surface area contributed by atoms with Crippen molar-refractivity contribution in [3.8, 4) is 0 Å². The Labute approximate surface area is 224 Å². The third kappa shape index (κ3) is 7.58. The van der Waals surface area contributed by atoms with E-state index >= 15 is 0 Å². The van der Waals surface area contributed by atoms with Crippen LogP contribution in [0.2, 0.25) is 13.3 Å². The zero-order chi connectivity index (χ0) is 26.5. The van der Waals surface area contributed by atoms with Gasteiger partial charge in [0, 0.05) is 0 Å². The summed E-state index contributed by atoms with van der Waals surface area (Å²) < 4.78 is 6.16. The maximum absolute atomic E-state index is 10.4. The van der Waals surface area contributed by atoms with Gasteiger partial charge in [-0.1, -0.05) is 0 Å². The van der Waals surface area contributed by atoms with Gasteiger partial charge in [0.25, 0.3) is 0 Å². The van der Waals surface area contributed by atoms with E-state index < -0.39 is 24.5 Å². The Kier molecular flexibility index (Phi) is 9.33. The predicted octanol–water partition coefficient (Wildman–Crippen LogP) is 8.84.